The van der Waals surface area contributed by atoms with E-state index >= 15 is 0 Å². The molecule has 1 amide bonds. The van der Waals surface area contributed by atoms with Crippen LogP contribution in [0, 0.1) is 0 Å². The van der Waals surface area contributed by atoms with Crippen LogP contribution in [0.1, 0.15) is 0 Å². The number of carbonyl (C=O) groups excluding carboxylic acids is 1. The summed E-state index contributed by atoms with van der Waals surface area (Å²) in [4.78, 5) is 21.9. The topological polar surface area (TPSA) is 111 Å². The van der Waals surface area contributed by atoms with Crippen molar-refractivity contribution in [3.63, 3.8) is 0 Å². The third-order valence-electron chi connectivity index (χ3n) is 2.17. The van der Waals surface area contributed by atoms with Gasteiger partial charge in [0.2, 0.25) is 5.91 Å². The van der Waals surface area contributed by atoms with Gasteiger partial charge in [0.1, 0.15) is 11.8 Å². The molecule has 1 aromatic carbocycles. The van der Waals surface area contributed by atoms with Crippen molar-refractivity contribution in [3.05, 3.63) is 24.3 Å². The molecule has 0 heterocycles. The number of carbonyl (C=O) groups is 2. The first kappa shape index (κ1) is 14.9. The lowest BCUT2D eigenvalue weighted by Crippen LogP contribution is -2.39. The number of nitrogens with two attached hydrogens (primary N) is 1. The number of ether oxygens (including phenoxy) is 2. The maximum absolute atomic E-state index is 11.6. The second kappa shape index (κ2) is 7.34. The first-order valence-electron chi connectivity index (χ1n) is 5.53. The summed E-state index contributed by atoms with van der Waals surface area (Å²) in [5.74, 6) is -1.01. The van der Waals surface area contributed by atoms with Crippen molar-refractivity contribution >= 4 is 17.6 Å². The number of carboxylic acids is 1. The molecular formula is C12H16N2O5. The fourth-order valence-electron chi connectivity index (χ4n) is 1.27. The summed E-state index contributed by atoms with van der Waals surface area (Å²) in [5, 5.41) is 11.1. The van der Waals surface area contributed by atoms with Crippen LogP contribution >= 0.6 is 0 Å². The summed E-state index contributed by atoms with van der Waals surface area (Å²) < 4.78 is 9.73. The van der Waals surface area contributed by atoms with Crippen molar-refractivity contribution in [2.24, 2.45) is 5.73 Å². The van der Waals surface area contributed by atoms with Gasteiger partial charge in [-0.15, -0.1) is 0 Å². The minimum Gasteiger partial charge on any atom is -0.482 e. The molecular weight excluding hydrogens is 252 g/mol. The van der Waals surface area contributed by atoms with Crippen LogP contribution in [-0.2, 0) is 14.3 Å². The van der Waals surface area contributed by atoms with Gasteiger partial charge in [0.15, 0.2) is 6.61 Å². The van der Waals surface area contributed by atoms with E-state index in [0.29, 0.717) is 11.4 Å². The van der Waals surface area contributed by atoms with Crippen LogP contribution < -0.4 is 15.8 Å². The molecule has 0 aliphatic heterocycles. The molecule has 1 aromatic rings. The standard InChI is InChI=1S/C12H16N2O5/c1-18-6-10(13)12(17)14-8-2-4-9(5-3-8)19-7-11(15)16/h2-5,10H,6-7,13H2,1H3,(H,14,17)(H,15,16). The van der Waals surface area contributed by atoms with Gasteiger partial charge in [-0.05, 0) is 24.3 Å². The normalized spacial score (nSPS) is 11.7. The number of aliphatic carboxylic acids is 1. The number of hydrogen-bond acceptors (Lipinski definition) is 5. The number of amides is 1. The molecule has 1 unspecified atom stereocenters. The highest BCUT2D eigenvalue weighted by molar-refractivity contribution is 5.94. The summed E-state index contributed by atoms with van der Waals surface area (Å²) >= 11 is 0. The molecule has 104 valence electrons. The maximum Gasteiger partial charge on any atom is 0.341 e. The Kier molecular flexibility index (Phi) is 5.77. The average Bonchev–Trinajstić information content (AvgIpc) is 2.38. The Morgan fingerprint density at radius 2 is 2.00 bits per heavy atom. The maximum atomic E-state index is 11.6. The van der Waals surface area contributed by atoms with Gasteiger partial charge < -0.3 is 25.6 Å². The first-order chi connectivity index (χ1) is 9.02. The van der Waals surface area contributed by atoms with Crippen LogP contribution in [0.4, 0.5) is 5.69 Å². The number of nitrogens with one attached hydrogen (secondary N) is 1. The molecule has 1 atom stereocenters. The number of rotatable bonds is 7. The number of carboxylic acid groups (broad SMARTS) is 1. The Balaban J connectivity index is 2.52. The van der Waals surface area contributed by atoms with Crippen LogP contribution in [0.5, 0.6) is 5.75 Å². The number of methoxy groups -OCH3 is 1. The number of hydrogen-bond donors (Lipinski definition) is 3. The molecule has 0 aromatic heterocycles. The highest BCUT2D eigenvalue weighted by atomic mass is 16.5. The minimum absolute atomic E-state index is 0.131. The Morgan fingerprint density at radius 1 is 1.37 bits per heavy atom. The SMILES string of the molecule is COCC(N)C(=O)Nc1ccc(OCC(=O)O)cc1. The molecule has 1 rings (SSSR count). The van der Waals surface area contributed by atoms with Crippen molar-refractivity contribution in [1.82, 2.24) is 0 Å². The van der Waals surface area contributed by atoms with Crippen molar-refractivity contribution in [1.29, 1.82) is 0 Å². The lowest BCUT2D eigenvalue weighted by Gasteiger charge is -2.11. The number of benzene rings is 1. The highest BCUT2D eigenvalue weighted by Gasteiger charge is 2.12. The highest BCUT2D eigenvalue weighted by Crippen LogP contribution is 2.15. The van der Waals surface area contributed by atoms with Gasteiger partial charge in [0.25, 0.3) is 0 Å². The van der Waals surface area contributed by atoms with Crippen LogP contribution in [0.15, 0.2) is 24.3 Å². The van der Waals surface area contributed by atoms with E-state index in [-0.39, 0.29) is 12.5 Å². The number of anilines is 1. The molecule has 0 spiro atoms. The quantitative estimate of drug-likeness (QED) is 0.645. The zero-order chi connectivity index (χ0) is 14.3. The second-order valence-electron chi connectivity index (χ2n) is 3.76. The van der Waals surface area contributed by atoms with Crippen LogP contribution in [0.25, 0.3) is 0 Å². The smallest absolute Gasteiger partial charge is 0.341 e. The predicted octanol–water partition coefficient (Wildman–Crippen LogP) is 0.0622. The van der Waals surface area contributed by atoms with E-state index in [9.17, 15) is 9.59 Å². The van der Waals surface area contributed by atoms with Crippen molar-refractivity contribution in [3.8, 4) is 5.75 Å². The molecule has 0 aliphatic rings. The monoisotopic (exact) mass is 268 g/mol. The molecule has 0 bridgehead atoms. The summed E-state index contributed by atoms with van der Waals surface area (Å²) in [6.07, 6.45) is 0. The molecule has 0 radical (unpaired) electrons. The molecule has 0 fully saturated rings. The summed E-state index contributed by atoms with van der Waals surface area (Å²) in [7, 11) is 1.46. The van der Waals surface area contributed by atoms with Gasteiger partial charge >= 0.3 is 5.97 Å². The third kappa shape index (κ3) is 5.36. The average molecular weight is 268 g/mol. The van der Waals surface area contributed by atoms with Gasteiger partial charge in [0, 0.05) is 12.8 Å². The van der Waals surface area contributed by atoms with Crippen molar-refractivity contribution < 1.29 is 24.2 Å². The lowest BCUT2D eigenvalue weighted by atomic mass is 10.2. The largest absolute Gasteiger partial charge is 0.482 e. The third-order valence-corrected chi connectivity index (χ3v) is 2.17. The summed E-state index contributed by atoms with van der Waals surface area (Å²) in [6.45, 7) is -0.282. The van der Waals surface area contributed by atoms with E-state index in [0.717, 1.165) is 0 Å². The van der Waals surface area contributed by atoms with Crippen LogP contribution in [-0.4, -0.2) is 43.3 Å². The zero-order valence-corrected chi connectivity index (χ0v) is 10.5. The first-order valence-corrected chi connectivity index (χ1v) is 5.53. The molecule has 4 N–H and O–H groups in total. The Hall–Kier alpha value is -2.12. The Morgan fingerprint density at radius 3 is 2.53 bits per heavy atom. The molecule has 7 heteroatoms. The Bertz CT molecular complexity index is 432. The zero-order valence-electron chi connectivity index (χ0n) is 10.5. The molecule has 7 nitrogen and oxygen atoms in total. The molecule has 0 aliphatic carbocycles. The van der Waals surface area contributed by atoms with E-state index < -0.39 is 18.6 Å². The second-order valence-corrected chi connectivity index (χ2v) is 3.76. The van der Waals surface area contributed by atoms with E-state index in [1.165, 1.54) is 7.11 Å². The lowest BCUT2D eigenvalue weighted by molar-refractivity contribution is -0.139. The summed E-state index contributed by atoms with van der Waals surface area (Å²) in [6, 6.07) is 5.55. The van der Waals surface area contributed by atoms with Gasteiger partial charge in [-0.2, -0.15) is 0 Å². The van der Waals surface area contributed by atoms with Gasteiger partial charge in [-0.25, -0.2) is 4.79 Å². The van der Waals surface area contributed by atoms with Crippen LogP contribution in [0.2, 0.25) is 0 Å². The van der Waals surface area contributed by atoms with E-state index in [4.69, 9.17) is 20.3 Å². The minimum atomic E-state index is -1.05. The molecule has 0 saturated carbocycles. The van der Waals surface area contributed by atoms with Crippen molar-refractivity contribution in [2.45, 2.75) is 6.04 Å². The van der Waals surface area contributed by atoms with Gasteiger partial charge in [0.05, 0.1) is 6.61 Å². The van der Waals surface area contributed by atoms with E-state index in [1.54, 1.807) is 24.3 Å². The predicted molar refractivity (Wildman–Crippen MR) is 68.1 cm³/mol. The van der Waals surface area contributed by atoms with Crippen molar-refractivity contribution in [2.75, 3.05) is 25.6 Å². The van der Waals surface area contributed by atoms with Crippen LogP contribution in [0.3, 0.4) is 0 Å². The van der Waals surface area contributed by atoms with Gasteiger partial charge in [-0.3, -0.25) is 4.79 Å². The molecule has 0 saturated heterocycles. The van der Waals surface area contributed by atoms with Gasteiger partial charge in [-0.1, -0.05) is 0 Å². The molecule has 19 heavy (non-hydrogen) atoms. The van der Waals surface area contributed by atoms with E-state index in [1.807, 2.05) is 0 Å². The van der Waals surface area contributed by atoms with E-state index in [2.05, 4.69) is 5.32 Å². The summed E-state index contributed by atoms with van der Waals surface area (Å²) in [5.41, 5.74) is 6.10. The fraction of sp³-hybridized carbons (Fsp3) is 0.333. The fourth-order valence-corrected chi connectivity index (χ4v) is 1.27. The Labute approximate surface area is 110 Å².